The lowest BCUT2D eigenvalue weighted by molar-refractivity contribution is -0.135. The molecule has 1 N–H and O–H groups in total. The Morgan fingerprint density at radius 1 is 1.45 bits per heavy atom. The lowest BCUT2D eigenvalue weighted by atomic mass is 9.94. The summed E-state index contributed by atoms with van der Waals surface area (Å²) in [5.41, 5.74) is 1.23. The summed E-state index contributed by atoms with van der Waals surface area (Å²) in [4.78, 5) is 18.8. The largest absolute Gasteiger partial charge is 0.368 e. The van der Waals surface area contributed by atoms with Crippen molar-refractivity contribution >= 4 is 5.91 Å². The van der Waals surface area contributed by atoms with E-state index in [1.54, 1.807) is 6.20 Å². The highest BCUT2D eigenvalue weighted by Gasteiger charge is 2.33. The average molecular weight is 303 g/mol. The van der Waals surface area contributed by atoms with Crippen LogP contribution in [0.25, 0.3) is 0 Å². The maximum Gasteiger partial charge on any atom is 0.249 e. The average Bonchev–Trinajstić information content (AvgIpc) is 2.95. The molecule has 1 aromatic heterocycles. The van der Waals surface area contributed by atoms with Crippen LogP contribution in [0.1, 0.15) is 37.3 Å². The summed E-state index contributed by atoms with van der Waals surface area (Å²) >= 11 is 0. The van der Waals surface area contributed by atoms with Crippen molar-refractivity contribution in [1.29, 1.82) is 0 Å². The molecular formula is C17H25N3O2. The molecule has 3 heterocycles. The number of aromatic nitrogens is 1. The number of nitrogens with zero attached hydrogens (tertiary/aromatic N) is 2. The molecule has 0 bridgehead atoms. The van der Waals surface area contributed by atoms with E-state index in [2.05, 4.69) is 28.3 Å². The summed E-state index contributed by atoms with van der Waals surface area (Å²) < 4.78 is 5.56. The van der Waals surface area contributed by atoms with Crippen LogP contribution in [0.4, 0.5) is 0 Å². The molecule has 5 heteroatoms. The zero-order valence-corrected chi connectivity index (χ0v) is 13.2. The third-order valence-corrected chi connectivity index (χ3v) is 4.81. The monoisotopic (exact) mass is 303 g/mol. The summed E-state index contributed by atoms with van der Waals surface area (Å²) in [5.74, 6) is 0.487. The molecule has 0 radical (unpaired) electrons. The Kier molecular flexibility index (Phi) is 5.05. The van der Waals surface area contributed by atoms with Gasteiger partial charge >= 0.3 is 0 Å². The maximum atomic E-state index is 12.2. The van der Waals surface area contributed by atoms with Gasteiger partial charge in [0, 0.05) is 31.6 Å². The van der Waals surface area contributed by atoms with Crippen LogP contribution in [0, 0.1) is 5.92 Å². The number of ether oxygens (including phenoxy) is 1. The molecule has 5 nitrogen and oxygen atoms in total. The summed E-state index contributed by atoms with van der Waals surface area (Å²) in [6, 6.07) is 4.44. The minimum absolute atomic E-state index is 0.0548. The second-order valence-electron chi connectivity index (χ2n) is 6.36. The molecule has 2 fully saturated rings. The summed E-state index contributed by atoms with van der Waals surface area (Å²) in [5, 5.41) is 3.10. The third-order valence-electron chi connectivity index (χ3n) is 4.81. The highest BCUT2D eigenvalue weighted by molar-refractivity contribution is 5.80. The van der Waals surface area contributed by atoms with Gasteiger partial charge in [0.2, 0.25) is 5.91 Å². The fourth-order valence-electron chi connectivity index (χ4n) is 3.61. The van der Waals surface area contributed by atoms with Gasteiger partial charge in [-0.3, -0.25) is 14.7 Å². The molecule has 0 aliphatic carbocycles. The van der Waals surface area contributed by atoms with Crippen LogP contribution in [0.15, 0.2) is 24.5 Å². The van der Waals surface area contributed by atoms with E-state index >= 15 is 0 Å². The summed E-state index contributed by atoms with van der Waals surface area (Å²) in [7, 11) is 2.14. The minimum Gasteiger partial charge on any atom is -0.368 e. The minimum atomic E-state index is -0.246. The highest BCUT2D eigenvalue weighted by atomic mass is 16.5. The Hall–Kier alpha value is -1.46. The van der Waals surface area contributed by atoms with Crippen molar-refractivity contribution in [2.45, 2.75) is 37.8 Å². The molecule has 1 aromatic rings. The van der Waals surface area contributed by atoms with E-state index in [9.17, 15) is 4.79 Å². The maximum absolute atomic E-state index is 12.2. The summed E-state index contributed by atoms with van der Waals surface area (Å²) in [6.07, 6.45) is 7.60. The Bertz CT molecular complexity index is 488. The van der Waals surface area contributed by atoms with Crippen LogP contribution in [-0.4, -0.2) is 48.6 Å². The van der Waals surface area contributed by atoms with Crippen molar-refractivity contribution in [2.75, 3.05) is 26.7 Å². The first-order valence-corrected chi connectivity index (χ1v) is 8.25. The van der Waals surface area contributed by atoms with Crippen LogP contribution in [0.3, 0.4) is 0 Å². The lowest BCUT2D eigenvalue weighted by Gasteiger charge is -2.27. The number of hydrogen-bond donors (Lipinski definition) is 1. The van der Waals surface area contributed by atoms with Crippen LogP contribution in [-0.2, 0) is 9.53 Å². The van der Waals surface area contributed by atoms with E-state index in [4.69, 9.17) is 4.74 Å². The van der Waals surface area contributed by atoms with Gasteiger partial charge in [0.25, 0.3) is 0 Å². The zero-order valence-electron chi connectivity index (χ0n) is 13.2. The molecule has 120 valence electrons. The van der Waals surface area contributed by atoms with Crippen molar-refractivity contribution < 1.29 is 9.53 Å². The SMILES string of the molecule is CN1CC[C@@H](CNC(=O)[C@@H]2CCCCO2)[C@@H]1c1cccnc1. The molecule has 22 heavy (non-hydrogen) atoms. The third kappa shape index (κ3) is 3.47. The van der Waals surface area contributed by atoms with Gasteiger partial charge in [-0.1, -0.05) is 6.07 Å². The van der Waals surface area contributed by atoms with Gasteiger partial charge in [-0.15, -0.1) is 0 Å². The van der Waals surface area contributed by atoms with Gasteiger partial charge in [0.05, 0.1) is 0 Å². The van der Waals surface area contributed by atoms with Gasteiger partial charge in [0.15, 0.2) is 0 Å². The normalized spacial score (nSPS) is 29.4. The van der Waals surface area contributed by atoms with E-state index < -0.39 is 0 Å². The van der Waals surface area contributed by atoms with E-state index in [0.29, 0.717) is 25.1 Å². The second-order valence-corrected chi connectivity index (χ2v) is 6.36. The first-order chi connectivity index (χ1) is 10.8. The smallest absolute Gasteiger partial charge is 0.249 e. The van der Waals surface area contributed by atoms with Crippen molar-refractivity contribution in [3.63, 3.8) is 0 Å². The van der Waals surface area contributed by atoms with Crippen molar-refractivity contribution in [2.24, 2.45) is 5.92 Å². The predicted octanol–water partition coefficient (Wildman–Crippen LogP) is 1.76. The van der Waals surface area contributed by atoms with E-state index in [0.717, 1.165) is 32.2 Å². The predicted molar refractivity (Wildman–Crippen MR) is 84.3 cm³/mol. The molecule has 0 unspecified atom stereocenters. The van der Waals surface area contributed by atoms with Crippen LogP contribution < -0.4 is 5.32 Å². The number of likely N-dealkylation sites (tertiary alicyclic amines) is 1. The van der Waals surface area contributed by atoms with Crippen molar-refractivity contribution in [3.8, 4) is 0 Å². The van der Waals surface area contributed by atoms with Crippen LogP contribution >= 0.6 is 0 Å². The molecule has 2 saturated heterocycles. The topological polar surface area (TPSA) is 54.5 Å². The van der Waals surface area contributed by atoms with Gasteiger partial charge in [-0.25, -0.2) is 0 Å². The molecule has 0 spiro atoms. The molecule has 1 amide bonds. The molecule has 2 aliphatic heterocycles. The Morgan fingerprint density at radius 2 is 2.36 bits per heavy atom. The fraction of sp³-hybridized carbons (Fsp3) is 0.647. The van der Waals surface area contributed by atoms with Crippen molar-refractivity contribution in [3.05, 3.63) is 30.1 Å². The number of nitrogens with one attached hydrogen (secondary N) is 1. The van der Waals surface area contributed by atoms with E-state index in [-0.39, 0.29) is 12.0 Å². The lowest BCUT2D eigenvalue weighted by Crippen LogP contribution is -2.41. The van der Waals surface area contributed by atoms with Gasteiger partial charge in [-0.2, -0.15) is 0 Å². The Morgan fingerprint density at radius 3 is 3.09 bits per heavy atom. The van der Waals surface area contributed by atoms with Gasteiger partial charge < -0.3 is 10.1 Å². The van der Waals surface area contributed by atoms with Gasteiger partial charge in [0.1, 0.15) is 6.10 Å². The molecular weight excluding hydrogens is 278 g/mol. The van der Waals surface area contributed by atoms with Gasteiger partial charge in [-0.05, 0) is 56.8 Å². The number of carbonyl (C=O) groups excluding carboxylic acids is 1. The van der Waals surface area contributed by atoms with Crippen molar-refractivity contribution in [1.82, 2.24) is 15.2 Å². The van der Waals surface area contributed by atoms with E-state index in [1.807, 2.05) is 12.3 Å². The number of rotatable bonds is 4. The fourth-order valence-corrected chi connectivity index (χ4v) is 3.61. The number of hydrogen-bond acceptors (Lipinski definition) is 4. The van der Waals surface area contributed by atoms with E-state index in [1.165, 1.54) is 5.56 Å². The highest BCUT2D eigenvalue weighted by Crippen LogP contribution is 2.35. The molecule has 0 saturated carbocycles. The first kappa shape index (κ1) is 15.4. The Labute approximate surface area is 132 Å². The number of pyridine rings is 1. The molecule has 3 atom stereocenters. The second kappa shape index (κ2) is 7.20. The molecule has 3 rings (SSSR count). The molecule has 0 aromatic carbocycles. The standard InChI is InChI=1S/C17H25N3O2/c1-20-9-7-14(16(20)13-5-4-8-18-11-13)12-19-17(21)15-6-2-3-10-22-15/h4-5,8,11,14-16H,2-3,6-7,9-10,12H2,1H3,(H,19,21)/t14-,15-,16-/m0/s1. The van der Waals surface area contributed by atoms with Crippen LogP contribution in [0.5, 0.6) is 0 Å². The quantitative estimate of drug-likeness (QED) is 0.921. The van der Waals surface area contributed by atoms with Crippen LogP contribution in [0.2, 0.25) is 0 Å². The molecule has 2 aliphatic rings. The summed E-state index contributed by atoms with van der Waals surface area (Å²) in [6.45, 7) is 2.48. The number of amides is 1. The first-order valence-electron chi connectivity index (χ1n) is 8.25. The Balaban J connectivity index is 1.58. The zero-order chi connectivity index (χ0) is 15.4. The number of carbonyl (C=O) groups is 1.